The molecule has 282 valence electrons. The first-order chi connectivity index (χ1) is 27.9. The molecule has 2 heteroatoms. The van der Waals surface area contributed by atoms with Crippen molar-refractivity contribution in [2.75, 3.05) is 4.90 Å². The van der Waals surface area contributed by atoms with Crippen LogP contribution in [0.4, 0.5) is 17.1 Å². The van der Waals surface area contributed by atoms with E-state index in [0.29, 0.717) is 0 Å². The Balaban J connectivity index is 1.21. The average Bonchev–Trinajstić information content (AvgIpc) is 3.79. The third kappa shape index (κ3) is 5.01. The van der Waals surface area contributed by atoms with Crippen molar-refractivity contribution < 1.29 is 0 Å². The maximum absolute atomic E-state index is 2.55. The van der Waals surface area contributed by atoms with Crippen molar-refractivity contribution in [3.05, 3.63) is 186 Å². The highest BCUT2D eigenvalue weighted by Crippen LogP contribution is 2.56. The summed E-state index contributed by atoms with van der Waals surface area (Å²) < 4.78 is 2.64. The lowest BCUT2D eigenvalue weighted by Gasteiger charge is -2.30. The van der Waals surface area contributed by atoms with Gasteiger partial charge in [-0.05, 0) is 108 Å². The largest absolute Gasteiger partial charge is 0.310 e. The minimum absolute atomic E-state index is 0.0733. The molecule has 0 unspecified atom stereocenters. The highest BCUT2D eigenvalue weighted by atomic mass is 32.1. The van der Waals surface area contributed by atoms with Gasteiger partial charge in [-0.25, -0.2) is 0 Å². The molecule has 0 saturated heterocycles. The maximum atomic E-state index is 2.55. The van der Waals surface area contributed by atoms with Crippen molar-refractivity contribution >= 4 is 59.3 Å². The summed E-state index contributed by atoms with van der Waals surface area (Å²) >= 11 is 1.91. The van der Waals surface area contributed by atoms with Crippen molar-refractivity contribution in [2.24, 2.45) is 0 Å². The molecule has 0 fully saturated rings. The molecule has 2 aliphatic rings. The second kappa shape index (κ2) is 12.3. The molecular weight excluding hydrogens is 719 g/mol. The number of rotatable bonds is 4. The third-order valence-corrected chi connectivity index (χ3v) is 14.5. The van der Waals surface area contributed by atoms with Gasteiger partial charge >= 0.3 is 0 Å². The van der Waals surface area contributed by atoms with E-state index in [9.17, 15) is 0 Å². The molecule has 0 aliphatic heterocycles. The van der Waals surface area contributed by atoms with E-state index in [1.54, 1.807) is 0 Å². The summed E-state index contributed by atoms with van der Waals surface area (Å²) in [5, 5.41) is 5.14. The van der Waals surface area contributed by atoms with Crippen LogP contribution in [-0.4, -0.2) is 0 Å². The zero-order valence-corrected chi connectivity index (χ0v) is 35.2. The van der Waals surface area contributed by atoms with Crippen LogP contribution in [0.15, 0.2) is 158 Å². The van der Waals surface area contributed by atoms with Crippen LogP contribution < -0.4 is 4.90 Å². The van der Waals surface area contributed by atoms with E-state index in [-0.39, 0.29) is 16.2 Å². The summed E-state index contributed by atoms with van der Waals surface area (Å²) in [4.78, 5) is 2.55. The summed E-state index contributed by atoms with van der Waals surface area (Å²) in [6, 6.07) is 60.1. The second-order valence-corrected chi connectivity index (χ2v) is 19.6. The van der Waals surface area contributed by atoms with E-state index < -0.39 is 0 Å². The fourth-order valence-corrected chi connectivity index (χ4v) is 11.5. The number of hydrogen-bond acceptors (Lipinski definition) is 2. The maximum Gasteiger partial charge on any atom is 0.0546 e. The molecule has 0 radical (unpaired) electrons. The average molecular weight is 766 g/mol. The molecule has 8 aromatic carbocycles. The van der Waals surface area contributed by atoms with E-state index in [1.807, 2.05) is 11.3 Å². The zero-order chi connectivity index (χ0) is 39.7. The van der Waals surface area contributed by atoms with Gasteiger partial charge < -0.3 is 4.90 Å². The molecule has 1 nitrogen and oxygen atoms in total. The number of anilines is 3. The zero-order valence-electron chi connectivity index (χ0n) is 34.4. The fraction of sp³-hybridized carbons (Fsp3) is 0.179. The topological polar surface area (TPSA) is 3.24 Å². The molecular formula is C56H47NS. The van der Waals surface area contributed by atoms with Crippen molar-refractivity contribution in [3.8, 4) is 33.4 Å². The minimum atomic E-state index is -0.106. The first-order valence-electron chi connectivity index (χ1n) is 20.7. The van der Waals surface area contributed by atoms with Gasteiger partial charge in [-0.1, -0.05) is 170 Å². The number of nitrogens with zero attached hydrogens (tertiary/aromatic N) is 1. The summed E-state index contributed by atoms with van der Waals surface area (Å²) in [6.07, 6.45) is 0. The summed E-state index contributed by atoms with van der Waals surface area (Å²) in [5.41, 5.74) is 18.2. The molecule has 9 aromatic rings. The molecule has 0 N–H and O–H groups in total. The van der Waals surface area contributed by atoms with Crippen molar-refractivity contribution in [2.45, 2.75) is 64.7 Å². The molecule has 11 rings (SSSR count). The molecule has 0 bridgehead atoms. The van der Waals surface area contributed by atoms with Gasteiger partial charge in [0, 0.05) is 47.9 Å². The quantitative estimate of drug-likeness (QED) is 0.172. The number of benzene rings is 8. The SMILES string of the molecule is CC(C)(C)c1ccc2c(c1)sc1cc(N(c3ccc4c(c3)-c3ccccc3C4(C)C)c3ccc4ccccc4c3-c3cccc4c3-c3ccccc3C4(C)C)ccc12. The molecule has 0 saturated carbocycles. The Morgan fingerprint density at radius 2 is 1.02 bits per heavy atom. The molecule has 58 heavy (non-hydrogen) atoms. The fourth-order valence-electron chi connectivity index (χ4n) is 10.3. The second-order valence-electron chi connectivity index (χ2n) is 18.6. The van der Waals surface area contributed by atoms with Crippen LogP contribution in [0.25, 0.3) is 64.3 Å². The highest BCUT2D eigenvalue weighted by molar-refractivity contribution is 7.25. The van der Waals surface area contributed by atoms with Gasteiger partial charge in [-0.2, -0.15) is 0 Å². The Morgan fingerprint density at radius 1 is 0.431 bits per heavy atom. The first-order valence-corrected chi connectivity index (χ1v) is 21.5. The highest BCUT2D eigenvalue weighted by Gasteiger charge is 2.38. The van der Waals surface area contributed by atoms with Crippen LogP contribution in [0.5, 0.6) is 0 Å². The Bertz CT molecular complexity index is 3170. The summed E-state index contributed by atoms with van der Waals surface area (Å²) in [6.45, 7) is 16.4. The Labute approximate surface area is 346 Å². The van der Waals surface area contributed by atoms with Gasteiger partial charge in [-0.3, -0.25) is 0 Å². The number of fused-ring (bicyclic) bond motifs is 10. The van der Waals surface area contributed by atoms with Crippen molar-refractivity contribution in [3.63, 3.8) is 0 Å². The molecule has 0 atom stereocenters. The van der Waals surface area contributed by atoms with Crippen LogP contribution in [0, 0.1) is 0 Å². The van der Waals surface area contributed by atoms with Gasteiger partial charge in [0.1, 0.15) is 0 Å². The number of hydrogen-bond donors (Lipinski definition) is 0. The Hall–Kier alpha value is -5.96. The van der Waals surface area contributed by atoms with Gasteiger partial charge in [-0.15, -0.1) is 11.3 Å². The van der Waals surface area contributed by atoms with E-state index in [1.165, 1.54) is 97.8 Å². The Kier molecular flexibility index (Phi) is 7.45. The molecule has 0 spiro atoms. The third-order valence-electron chi connectivity index (χ3n) is 13.4. The predicted molar refractivity (Wildman–Crippen MR) is 251 cm³/mol. The van der Waals surface area contributed by atoms with Crippen molar-refractivity contribution in [1.29, 1.82) is 0 Å². The molecule has 1 heterocycles. The minimum Gasteiger partial charge on any atom is -0.310 e. The normalized spacial score (nSPS) is 14.7. The Morgan fingerprint density at radius 3 is 1.81 bits per heavy atom. The molecule has 0 amide bonds. The monoisotopic (exact) mass is 765 g/mol. The van der Waals surface area contributed by atoms with E-state index >= 15 is 0 Å². The van der Waals surface area contributed by atoms with Gasteiger partial charge in [0.15, 0.2) is 0 Å². The molecule has 1 aromatic heterocycles. The van der Waals surface area contributed by atoms with Crippen LogP contribution in [-0.2, 0) is 16.2 Å². The van der Waals surface area contributed by atoms with Gasteiger partial charge in [0.05, 0.1) is 5.69 Å². The van der Waals surface area contributed by atoms with E-state index in [2.05, 4.69) is 211 Å². The molecule has 2 aliphatic carbocycles. The smallest absolute Gasteiger partial charge is 0.0546 e. The lowest BCUT2D eigenvalue weighted by atomic mass is 9.81. The van der Waals surface area contributed by atoms with Gasteiger partial charge in [0.2, 0.25) is 0 Å². The van der Waals surface area contributed by atoms with Crippen LogP contribution in [0.3, 0.4) is 0 Å². The van der Waals surface area contributed by atoms with Gasteiger partial charge in [0.25, 0.3) is 0 Å². The van der Waals surface area contributed by atoms with Crippen molar-refractivity contribution in [1.82, 2.24) is 0 Å². The standard InChI is InChI=1S/C56H47NS/c1-54(2,3)35-24-27-40-41-28-25-37(33-51(41)58-50(40)31-35)57(36-26-29-47-44(32-36)39-17-10-12-20-45(39)55(47,4)5)49-30-23-34-15-8-9-16-38(34)53(49)43-19-14-22-48-52(43)42-18-11-13-21-46(42)56(48,6)7/h8-33H,1-7H3. The van der Waals surface area contributed by atoms with Crippen LogP contribution >= 0.6 is 11.3 Å². The predicted octanol–water partition coefficient (Wildman–Crippen LogP) is 16.3. The lowest BCUT2D eigenvalue weighted by Crippen LogP contribution is -2.16. The van der Waals surface area contributed by atoms with Crippen LogP contribution in [0.2, 0.25) is 0 Å². The lowest BCUT2D eigenvalue weighted by molar-refractivity contribution is 0.591. The summed E-state index contributed by atoms with van der Waals surface area (Å²) in [7, 11) is 0. The van der Waals surface area contributed by atoms with E-state index in [0.717, 1.165) is 11.4 Å². The summed E-state index contributed by atoms with van der Waals surface area (Å²) in [5.74, 6) is 0. The van der Waals surface area contributed by atoms with Crippen LogP contribution in [0.1, 0.15) is 76.3 Å². The first kappa shape index (κ1) is 35.2. The van der Waals surface area contributed by atoms with E-state index in [4.69, 9.17) is 0 Å². The number of thiophene rings is 1.